The van der Waals surface area contributed by atoms with E-state index < -0.39 is 23.2 Å². The van der Waals surface area contributed by atoms with Crippen LogP contribution in [-0.4, -0.2) is 64.8 Å². The van der Waals surface area contributed by atoms with Crippen LogP contribution in [0, 0.1) is 0 Å². The Hall–Kier alpha value is -1.30. The summed E-state index contributed by atoms with van der Waals surface area (Å²) in [5.41, 5.74) is -1.85. The zero-order valence-corrected chi connectivity index (χ0v) is 12.6. The van der Waals surface area contributed by atoms with Gasteiger partial charge in [-0.2, -0.15) is 0 Å². The number of nitrogens with zero attached hydrogens (tertiary/aromatic N) is 2. The maximum Gasteiger partial charge on any atom is 0.411 e. The van der Waals surface area contributed by atoms with Gasteiger partial charge >= 0.3 is 12.1 Å². The van der Waals surface area contributed by atoms with Crippen LogP contribution in [0.1, 0.15) is 34.1 Å². The molecule has 6 heteroatoms. The molecule has 0 saturated carbocycles. The molecule has 6 nitrogen and oxygen atoms in total. The number of amides is 1. The maximum atomic E-state index is 12.1. The number of carbonyl (C=O) groups is 2. The molecule has 0 aliphatic carbocycles. The number of carbonyl (C=O) groups excluding carboxylic acids is 1. The van der Waals surface area contributed by atoms with Crippen LogP contribution in [0.5, 0.6) is 0 Å². The normalized spacial score (nSPS) is 28.2. The summed E-state index contributed by atoms with van der Waals surface area (Å²) >= 11 is 0. The van der Waals surface area contributed by atoms with Gasteiger partial charge in [0, 0.05) is 19.6 Å². The number of rotatable bonds is 2. The van der Waals surface area contributed by atoms with Crippen molar-refractivity contribution in [3.8, 4) is 0 Å². The van der Waals surface area contributed by atoms with Crippen LogP contribution in [0.2, 0.25) is 0 Å². The van der Waals surface area contributed by atoms with Crippen molar-refractivity contribution >= 4 is 12.1 Å². The Kier molecular flexibility index (Phi) is 4.14. The minimum absolute atomic E-state index is 0.112. The van der Waals surface area contributed by atoms with Crippen molar-refractivity contribution in [2.45, 2.75) is 51.3 Å². The van der Waals surface area contributed by atoms with Gasteiger partial charge < -0.3 is 14.7 Å². The van der Waals surface area contributed by atoms with Gasteiger partial charge in [-0.05, 0) is 41.2 Å². The van der Waals surface area contributed by atoms with Crippen molar-refractivity contribution in [3.05, 3.63) is 0 Å². The Balaban J connectivity index is 2.96. The zero-order valence-electron chi connectivity index (χ0n) is 12.6. The molecular formula is C13H24N2O4. The Bertz CT molecular complexity index is 365. The van der Waals surface area contributed by atoms with E-state index in [0.717, 1.165) is 0 Å². The average molecular weight is 272 g/mol. The highest BCUT2D eigenvalue weighted by Gasteiger charge is 2.52. The highest BCUT2D eigenvalue weighted by atomic mass is 16.6. The Morgan fingerprint density at radius 3 is 2.26 bits per heavy atom. The number of hydrogen-bond acceptors (Lipinski definition) is 4. The Morgan fingerprint density at radius 1 is 1.42 bits per heavy atom. The topological polar surface area (TPSA) is 70.1 Å². The van der Waals surface area contributed by atoms with Crippen LogP contribution < -0.4 is 0 Å². The molecule has 1 fully saturated rings. The van der Waals surface area contributed by atoms with Crippen molar-refractivity contribution in [2.75, 3.05) is 20.6 Å². The number of likely N-dealkylation sites (N-methyl/N-ethyl adjacent to an activating group) is 2. The predicted octanol–water partition coefficient (Wildman–Crippen LogP) is 1.40. The monoisotopic (exact) mass is 272 g/mol. The predicted molar refractivity (Wildman–Crippen MR) is 71.1 cm³/mol. The fourth-order valence-corrected chi connectivity index (χ4v) is 2.32. The first-order valence-electron chi connectivity index (χ1n) is 6.40. The molecule has 1 heterocycles. The molecule has 0 bridgehead atoms. The molecule has 110 valence electrons. The van der Waals surface area contributed by atoms with Crippen molar-refractivity contribution in [3.63, 3.8) is 0 Å². The Labute approximate surface area is 114 Å². The summed E-state index contributed by atoms with van der Waals surface area (Å²) in [4.78, 5) is 26.9. The van der Waals surface area contributed by atoms with Crippen LogP contribution in [0.3, 0.4) is 0 Å². The Morgan fingerprint density at radius 2 is 1.95 bits per heavy atom. The lowest BCUT2D eigenvalue weighted by Gasteiger charge is -2.35. The quantitative estimate of drug-likeness (QED) is 0.823. The highest BCUT2D eigenvalue weighted by molar-refractivity contribution is 5.85. The van der Waals surface area contributed by atoms with Crippen LogP contribution in [0.25, 0.3) is 0 Å². The van der Waals surface area contributed by atoms with Crippen molar-refractivity contribution in [2.24, 2.45) is 0 Å². The number of aliphatic carboxylic acids is 1. The molecular weight excluding hydrogens is 248 g/mol. The van der Waals surface area contributed by atoms with E-state index in [1.807, 2.05) is 18.9 Å². The summed E-state index contributed by atoms with van der Waals surface area (Å²) in [6, 6.07) is 0.112. The first-order chi connectivity index (χ1) is 8.49. The van der Waals surface area contributed by atoms with E-state index in [2.05, 4.69) is 0 Å². The van der Waals surface area contributed by atoms with Crippen LogP contribution in [0.4, 0.5) is 4.79 Å². The first-order valence-corrected chi connectivity index (χ1v) is 6.40. The van der Waals surface area contributed by atoms with Crippen molar-refractivity contribution < 1.29 is 19.4 Å². The van der Waals surface area contributed by atoms with E-state index in [-0.39, 0.29) is 6.04 Å². The molecule has 0 aromatic rings. The highest BCUT2D eigenvalue weighted by Crippen LogP contribution is 2.32. The number of carboxylic acids is 1. The standard InChI is InChI=1S/C13H24N2O4/c1-9-7-13(10(16)17,8-14(9)5)15(6)11(18)19-12(2,3)4/h9H,7-8H2,1-6H3,(H,16,17). The summed E-state index contributed by atoms with van der Waals surface area (Å²) in [6.45, 7) is 7.54. The van der Waals surface area contributed by atoms with E-state index in [4.69, 9.17) is 4.74 Å². The van der Waals surface area contributed by atoms with E-state index in [1.54, 1.807) is 20.8 Å². The van der Waals surface area contributed by atoms with Gasteiger partial charge in [0.15, 0.2) is 5.54 Å². The molecule has 1 rings (SSSR count). The molecule has 0 aromatic heterocycles. The van der Waals surface area contributed by atoms with Gasteiger partial charge in [-0.25, -0.2) is 9.59 Å². The van der Waals surface area contributed by atoms with E-state index in [0.29, 0.717) is 13.0 Å². The number of hydrogen-bond donors (Lipinski definition) is 1. The van der Waals surface area contributed by atoms with E-state index in [1.165, 1.54) is 11.9 Å². The van der Waals surface area contributed by atoms with Crippen molar-refractivity contribution in [1.29, 1.82) is 0 Å². The van der Waals surface area contributed by atoms with Gasteiger partial charge in [-0.1, -0.05) is 0 Å². The van der Waals surface area contributed by atoms with Gasteiger partial charge in [0.05, 0.1) is 0 Å². The smallest absolute Gasteiger partial charge is 0.411 e. The molecule has 2 unspecified atom stereocenters. The lowest BCUT2D eigenvalue weighted by Crippen LogP contribution is -2.57. The molecule has 0 radical (unpaired) electrons. The third-order valence-electron chi connectivity index (χ3n) is 3.60. The SMILES string of the molecule is CC1CC(C(=O)O)(N(C)C(=O)OC(C)(C)C)CN1C. The molecule has 2 atom stereocenters. The zero-order chi connectivity index (χ0) is 15.0. The second kappa shape index (κ2) is 5.00. The fraction of sp³-hybridized carbons (Fsp3) is 0.846. The third kappa shape index (κ3) is 3.18. The summed E-state index contributed by atoms with van der Waals surface area (Å²) in [5, 5.41) is 9.54. The summed E-state index contributed by atoms with van der Waals surface area (Å²) in [6.07, 6.45) is -0.202. The summed E-state index contributed by atoms with van der Waals surface area (Å²) in [5.74, 6) is -0.989. The minimum Gasteiger partial charge on any atom is -0.479 e. The molecule has 1 aliphatic heterocycles. The number of ether oxygens (including phenoxy) is 1. The summed E-state index contributed by atoms with van der Waals surface area (Å²) < 4.78 is 5.26. The first kappa shape index (κ1) is 15.8. The second-order valence-electron chi connectivity index (χ2n) is 6.34. The van der Waals surface area contributed by atoms with E-state index in [9.17, 15) is 14.7 Å². The van der Waals surface area contributed by atoms with Gasteiger partial charge in [0.2, 0.25) is 0 Å². The van der Waals surface area contributed by atoms with Crippen molar-refractivity contribution in [1.82, 2.24) is 9.80 Å². The number of carboxylic acid groups (broad SMARTS) is 1. The van der Waals surface area contributed by atoms with E-state index >= 15 is 0 Å². The largest absolute Gasteiger partial charge is 0.479 e. The lowest BCUT2D eigenvalue weighted by molar-refractivity contribution is -0.149. The molecule has 0 aromatic carbocycles. The van der Waals surface area contributed by atoms with Crippen LogP contribution in [0.15, 0.2) is 0 Å². The van der Waals surface area contributed by atoms with Gasteiger partial charge in [0.1, 0.15) is 5.60 Å². The molecule has 1 aliphatic rings. The van der Waals surface area contributed by atoms with Crippen LogP contribution in [-0.2, 0) is 9.53 Å². The molecule has 1 N–H and O–H groups in total. The molecule has 1 saturated heterocycles. The maximum absolute atomic E-state index is 12.1. The fourth-order valence-electron chi connectivity index (χ4n) is 2.32. The van der Waals surface area contributed by atoms with Gasteiger partial charge in [-0.15, -0.1) is 0 Å². The lowest BCUT2D eigenvalue weighted by atomic mass is 9.95. The molecule has 0 spiro atoms. The second-order valence-corrected chi connectivity index (χ2v) is 6.34. The average Bonchev–Trinajstić information content (AvgIpc) is 2.53. The van der Waals surface area contributed by atoms with Gasteiger partial charge in [0.25, 0.3) is 0 Å². The minimum atomic E-state index is -1.21. The third-order valence-corrected chi connectivity index (χ3v) is 3.60. The summed E-state index contributed by atoms with van der Waals surface area (Å²) in [7, 11) is 3.35. The number of likely N-dealkylation sites (tertiary alicyclic amines) is 1. The van der Waals surface area contributed by atoms with Crippen LogP contribution >= 0.6 is 0 Å². The molecule has 19 heavy (non-hydrogen) atoms. The van der Waals surface area contributed by atoms with Gasteiger partial charge in [-0.3, -0.25) is 4.90 Å². The molecule has 1 amide bonds.